The van der Waals surface area contributed by atoms with Crippen LogP contribution in [0, 0.1) is 6.92 Å². The summed E-state index contributed by atoms with van der Waals surface area (Å²) in [6, 6.07) is 7.49. The minimum atomic E-state index is -3.60. The fourth-order valence-corrected chi connectivity index (χ4v) is 5.13. The first-order valence-corrected chi connectivity index (χ1v) is 8.70. The van der Waals surface area contributed by atoms with Gasteiger partial charge in [-0.1, -0.05) is 12.1 Å². The molecule has 2 aromatic rings. The predicted molar refractivity (Wildman–Crippen MR) is 79.6 cm³/mol. The molecule has 5 nitrogen and oxygen atoms in total. The number of H-pyrrole nitrogens is 1. The Morgan fingerprint density at radius 2 is 2.15 bits per heavy atom. The number of rotatable bonds is 2. The van der Waals surface area contributed by atoms with E-state index in [1.807, 2.05) is 31.2 Å². The van der Waals surface area contributed by atoms with Gasteiger partial charge in [-0.05, 0) is 26.0 Å². The molecule has 3 rings (SSSR count). The number of nitrogens with zero attached hydrogens (tertiary/aromatic N) is 2. The number of aromatic nitrogens is 2. The molecule has 1 aliphatic rings. The molecule has 0 aliphatic carbocycles. The molecule has 0 saturated heterocycles. The lowest BCUT2D eigenvalue weighted by Crippen LogP contribution is -2.42. The summed E-state index contributed by atoms with van der Waals surface area (Å²) in [4.78, 5) is 7.80. The molecule has 2 heterocycles. The maximum Gasteiger partial charge on any atom is 0.281 e. The molecular weight excluding hydrogens is 294 g/mol. The first-order chi connectivity index (χ1) is 9.50. The second-order valence-electron chi connectivity index (χ2n) is 4.76. The number of para-hydroxylation sites is 1. The number of thioether (sulfide) groups is 1. The lowest BCUT2D eigenvalue weighted by atomic mass is 10.3. The predicted octanol–water partition coefficient (Wildman–Crippen LogP) is 2.41. The lowest BCUT2D eigenvalue weighted by Gasteiger charge is -2.34. The van der Waals surface area contributed by atoms with Gasteiger partial charge >= 0.3 is 0 Å². The van der Waals surface area contributed by atoms with Gasteiger partial charge in [0.25, 0.3) is 10.0 Å². The topological polar surface area (TPSA) is 66.1 Å². The fraction of sp³-hybridized carbons (Fsp3) is 0.308. The average Bonchev–Trinajstić information content (AvgIpc) is 2.85. The van der Waals surface area contributed by atoms with Gasteiger partial charge in [0.2, 0.25) is 0 Å². The van der Waals surface area contributed by atoms with Gasteiger partial charge in [0.05, 0.1) is 17.9 Å². The minimum Gasteiger partial charge on any atom is -0.332 e. The Morgan fingerprint density at radius 3 is 2.85 bits per heavy atom. The average molecular weight is 309 g/mol. The van der Waals surface area contributed by atoms with Gasteiger partial charge in [-0.3, -0.25) is 4.31 Å². The fourth-order valence-electron chi connectivity index (χ4n) is 2.28. The first-order valence-electron chi connectivity index (χ1n) is 6.28. The summed E-state index contributed by atoms with van der Waals surface area (Å²) >= 11 is 1.69. The van der Waals surface area contributed by atoms with Crippen LogP contribution in [0.3, 0.4) is 0 Å². The Hall–Kier alpha value is -1.47. The number of aryl methyl sites for hydroxylation is 1. The molecule has 106 valence electrons. The van der Waals surface area contributed by atoms with E-state index in [1.54, 1.807) is 18.7 Å². The monoisotopic (exact) mass is 309 g/mol. The SMILES string of the molecule is Cc1ncc(S(=O)(=O)N2c3ccccc3SC[C@H]2C)[nH]1. The van der Waals surface area contributed by atoms with E-state index < -0.39 is 10.0 Å². The highest BCUT2D eigenvalue weighted by molar-refractivity contribution is 8.00. The van der Waals surface area contributed by atoms with Gasteiger partial charge in [-0.15, -0.1) is 11.8 Å². The van der Waals surface area contributed by atoms with E-state index in [4.69, 9.17) is 0 Å². The van der Waals surface area contributed by atoms with Crippen LogP contribution in [-0.2, 0) is 10.0 Å². The molecule has 1 aromatic carbocycles. The summed E-state index contributed by atoms with van der Waals surface area (Å²) in [5.41, 5.74) is 0.739. The molecule has 0 radical (unpaired) electrons. The zero-order valence-corrected chi connectivity index (χ0v) is 12.8. The van der Waals surface area contributed by atoms with Crippen molar-refractivity contribution in [2.24, 2.45) is 0 Å². The van der Waals surface area contributed by atoms with Crippen molar-refractivity contribution in [1.29, 1.82) is 0 Å². The van der Waals surface area contributed by atoms with Crippen molar-refractivity contribution in [1.82, 2.24) is 9.97 Å². The van der Waals surface area contributed by atoms with Crippen molar-refractivity contribution >= 4 is 27.5 Å². The summed E-state index contributed by atoms with van der Waals surface area (Å²) in [6.45, 7) is 3.66. The molecule has 7 heteroatoms. The molecule has 0 bridgehead atoms. The third-order valence-corrected chi connectivity index (χ3v) is 6.34. The number of aromatic amines is 1. The number of sulfonamides is 1. The number of anilines is 1. The maximum atomic E-state index is 12.8. The largest absolute Gasteiger partial charge is 0.332 e. The minimum absolute atomic E-state index is 0.0940. The van der Waals surface area contributed by atoms with Crippen molar-refractivity contribution in [2.75, 3.05) is 10.1 Å². The summed E-state index contributed by atoms with van der Waals surface area (Å²) in [5, 5.41) is 0.142. The molecule has 0 fully saturated rings. The van der Waals surface area contributed by atoms with Gasteiger partial charge in [0, 0.05) is 10.6 Å². The molecule has 1 atom stereocenters. The lowest BCUT2D eigenvalue weighted by molar-refractivity contribution is 0.580. The molecule has 0 unspecified atom stereocenters. The second kappa shape index (κ2) is 4.82. The number of imidazole rings is 1. The number of nitrogens with one attached hydrogen (secondary N) is 1. The standard InChI is InChI=1S/C13H15N3O2S2/c1-9-8-19-12-6-4-3-5-11(12)16(9)20(17,18)13-7-14-10(2)15-13/h3-7,9H,8H2,1-2H3,(H,14,15)/t9-/m1/s1. The van der Waals surface area contributed by atoms with Gasteiger partial charge < -0.3 is 4.98 Å². The molecular formula is C13H15N3O2S2. The Kier molecular flexibility index (Phi) is 3.25. The number of benzene rings is 1. The molecule has 1 N–H and O–H groups in total. The van der Waals surface area contributed by atoms with Crippen LogP contribution in [-0.4, -0.2) is 30.2 Å². The van der Waals surface area contributed by atoms with Crippen molar-refractivity contribution in [2.45, 2.75) is 29.8 Å². The van der Waals surface area contributed by atoms with E-state index in [0.717, 1.165) is 16.3 Å². The van der Waals surface area contributed by atoms with E-state index in [1.165, 1.54) is 10.5 Å². The molecule has 0 amide bonds. The first kappa shape index (κ1) is 13.5. The Morgan fingerprint density at radius 1 is 1.40 bits per heavy atom. The highest BCUT2D eigenvalue weighted by Gasteiger charge is 2.35. The van der Waals surface area contributed by atoms with Gasteiger partial charge in [0.1, 0.15) is 5.82 Å². The van der Waals surface area contributed by atoms with Crippen LogP contribution in [0.5, 0.6) is 0 Å². The highest BCUT2D eigenvalue weighted by Crippen LogP contribution is 2.39. The molecule has 1 aliphatic heterocycles. The second-order valence-corrected chi connectivity index (χ2v) is 7.61. The van der Waals surface area contributed by atoms with Crippen LogP contribution in [0.25, 0.3) is 0 Å². The summed E-state index contributed by atoms with van der Waals surface area (Å²) in [6.07, 6.45) is 1.38. The number of fused-ring (bicyclic) bond motifs is 1. The third kappa shape index (κ3) is 2.10. The normalized spacial score (nSPS) is 18.9. The Labute approximate surface area is 122 Å². The van der Waals surface area contributed by atoms with Crippen molar-refractivity contribution in [3.05, 3.63) is 36.3 Å². The summed E-state index contributed by atoms with van der Waals surface area (Å²) in [7, 11) is -3.60. The van der Waals surface area contributed by atoms with Crippen molar-refractivity contribution in [3.63, 3.8) is 0 Å². The zero-order valence-electron chi connectivity index (χ0n) is 11.2. The van der Waals surface area contributed by atoms with Crippen LogP contribution in [0.15, 0.2) is 40.4 Å². The van der Waals surface area contributed by atoms with Crippen molar-refractivity contribution in [3.8, 4) is 0 Å². The third-order valence-electron chi connectivity index (χ3n) is 3.20. The Balaban J connectivity index is 2.13. The van der Waals surface area contributed by atoms with Crippen LogP contribution in [0.2, 0.25) is 0 Å². The van der Waals surface area contributed by atoms with E-state index in [-0.39, 0.29) is 11.1 Å². The van der Waals surface area contributed by atoms with E-state index in [9.17, 15) is 8.42 Å². The summed E-state index contributed by atoms with van der Waals surface area (Å²) < 4.78 is 27.1. The van der Waals surface area contributed by atoms with Crippen LogP contribution in [0.1, 0.15) is 12.7 Å². The molecule has 0 saturated carbocycles. The van der Waals surface area contributed by atoms with Gasteiger partial charge in [0.15, 0.2) is 5.03 Å². The van der Waals surface area contributed by atoms with Crippen LogP contribution >= 0.6 is 11.8 Å². The highest BCUT2D eigenvalue weighted by atomic mass is 32.2. The maximum absolute atomic E-state index is 12.8. The summed E-state index contributed by atoms with van der Waals surface area (Å²) in [5.74, 6) is 1.33. The van der Waals surface area contributed by atoms with Gasteiger partial charge in [-0.2, -0.15) is 8.42 Å². The smallest absolute Gasteiger partial charge is 0.281 e. The van der Waals surface area contributed by atoms with Crippen LogP contribution < -0.4 is 4.31 Å². The van der Waals surface area contributed by atoms with E-state index >= 15 is 0 Å². The number of hydrogen-bond donors (Lipinski definition) is 1. The molecule has 0 spiro atoms. The van der Waals surface area contributed by atoms with E-state index in [2.05, 4.69) is 9.97 Å². The van der Waals surface area contributed by atoms with Gasteiger partial charge in [-0.25, -0.2) is 4.98 Å². The van der Waals surface area contributed by atoms with Crippen molar-refractivity contribution < 1.29 is 8.42 Å². The van der Waals surface area contributed by atoms with Crippen LogP contribution in [0.4, 0.5) is 5.69 Å². The zero-order chi connectivity index (χ0) is 14.3. The Bertz CT molecular complexity index is 740. The molecule has 20 heavy (non-hydrogen) atoms. The number of hydrogen-bond acceptors (Lipinski definition) is 4. The molecule has 1 aromatic heterocycles. The quantitative estimate of drug-likeness (QED) is 0.925. The van der Waals surface area contributed by atoms with E-state index in [0.29, 0.717) is 5.82 Å².